The molecule has 19 heavy (non-hydrogen) atoms. The van der Waals surface area contributed by atoms with Gasteiger partial charge in [-0.25, -0.2) is 0 Å². The Morgan fingerprint density at radius 3 is 2.95 bits per heavy atom. The van der Waals surface area contributed by atoms with Gasteiger partial charge >= 0.3 is 0 Å². The first-order chi connectivity index (χ1) is 9.11. The monoisotopic (exact) mass is 280 g/mol. The maximum atomic E-state index is 11.8. The molecule has 1 amide bonds. The Bertz CT molecular complexity index is 395. The Labute approximate surface area is 120 Å². The summed E-state index contributed by atoms with van der Waals surface area (Å²) in [5.41, 5.74) is 7.58. The summed E-state index contributed by atoms with van der Waals surface area (Å²) in [5.74, 6) is 2.36. The van der Waals surface area contributed by atoms with Gasteiger partial charge in [0, 0.05) is 18.2 Å². The maximum Gasteiger partial charge on any atom is 0.220 e. The molecule has 0 aliphatic heterocycles. The Kier molecular flexibility index (Phi) is 7.41. The fraction of sp³-hybridized carbons (Fsp3) is 0.533. The van der Waals surface area contributed by atoms with E-state index in [9.17, 15) is 4.79 Å². The summed E-state index contributed by atoms with van der Waals surface area (Å²) in [6.45, 7) is 4.22. The molecule has 0 bridgehead atoms. The number of nitrogens with two attached hydrogens (primary N) is 1. The van der Waals surface area contributed by atoms with Crippen LogP contribution in [0.3, 0.4) is 0 Å². The molecule has 106 valence electrons. The van der Waals surface area contributed by atoms with Gasteiger partial charge in [-0.1, -0.05) is 19.1 Å². The molecule has 0 fully saturated rings. The second kappa shape index (κ2) is 8.86. The molecule has 4 heteroatoms. The van der Waals surface area contributed by atoms with E-state index in [1.54, 1.807) is 0 Å². The number of nitrogens with one attached hydrogen (secondary N) is 1. The summed E-state index contributed by atoms with van der Waals surface area (Å²) in [6.07, 6.45) is 2.30. The number of carbonyl (C=O) groups is 1. The van der Waals surface area contributed by atoms with Crippen molar-refractivity contribution < 1.29 is 4.79 Å². The summed E-state index contributed by atoms with van der Waals surface area (Å²) in [5, 5.41) is 3.04. The average Bonchev–Trinajstić information content (AvgIpc) is 2.37. The van der Waals surface area contributed by atoms with Crippen LogP contribution in [0.4, 0.5) is 5.69 Å². The zero-order valence-corrected chi connectivity index (χ0v) is 12.6. The molecule has 0 saturated heterocycles. The summed E-state index contributed by atoms with van der Waals surface area (Å²) in [6, 6.07) is 7.97. The van der Waals surface area contributed by atoms with E-state index in [-0.39, 0.29) is 11.9 Å². The molecule has 0 aliphatic rings. The van der Waals surface area contributed by atoms with Gasteiger partial charge in [-0.05, 0) is 49.0 Å². The number of aryl methyl sites for hydroxylation is 1. The lowest BCUT2D eigenvalue weighted by molar-refractivity contribution is -0.121. The molecule has 0 radical (unpaired) electrons. The lowest BCUT2D eigenvalue weighted by atomic mass is 10.1. The van der Waals surface area contributed by atoms with Crippen molar-refractivity contribution in [1.29, 1.82) is 0 Å². The molecule has 1 aromatic carbocycles. The molecule has 0 heterocycles. The van der Waals surface area contributed by atoms with Gasteiger partial charge in [0.25, 0.3) is 0 Å². The smallest absolute Gasteiger partial charge is 0.220 e. The Balaban J connectivity index is 2.24. The van der Waals surface area contributed by atoms with Gasteiger partial charge in [-0.15, -0.1) is 0 Å². The summed E-state index contributed by atoms with van der Waals surface area (Å²) < 4.78 is 0. The van der Waals surface area contributed by atoms with Crippen molar-refractivity contribution in [2.24, 2.45) is 0 Å². The molecule has 0 saturated carbocycles. The zero-order chi connectivity index (χ0) is 14.1. The maximum absolute atomic E-state index is 11.8. The molecule has 1 atom stereocenters. The van der Waals surface area contributed by atoms with Crippen molar-refractivity contribution in [2.45, 2.75) is 39.2 Å². The first-order valence-corrected chi connectivity index (χ1v) is 7.98. The molecular weight excluding hydrogens is 256 g/mol. The van der Waals surface area contributed by atoms with Crippen molar-refractivity contribution in [1.82, 2.24) is 5.32 Å². The third kappa shape index (κ3) is 7.11. The lowest BCUT2D eigenvalue weighted by Crippen LogP contribution is -2.33. The number of thioether (sulfide) groups is 1. The van der Waals surface area contributed by atoms with Gasteiger partial charge in [0.05, 0.1) is 0 Å². The largest absolute Gasteiger partial charge is 0.399 e. The van der Waals surface area contributed by atoms with Crippen LogP contribution >= 0.6 is 11.8 Å². The fourth-order valence-corrected chi connectivity index (χ4v) is 2.64. The van der Waals surface area contributed by atoms with Gasteiger partial charge in [0.2, 0.25) is 5.91 Å². The number of rotatable bonds is 8. The van der Waals surface area contributed by atoms with Crippen LogP contribution in [0.25, 0.3) is 0 Å². The van der Waals surface area contributed by atoms with Gasteiger partial charge in [-0.3, -0.25) is 4.79 Å². The fourth-order valence-electron chi connectivity index (χ4n) is 1.83. The van der Waals surface area contributed by atoms with E-state index in [0.29, 0.717) is 6.42 Å². The predicted octanol–water partition coefficient (Wildman–Crippen LogP) is 2.85. The standard InChI is InChI=1S/C15H24N2OS/c1-3-19-10-9-12(2)17-15(18)8-7-13-5-4-6-14(16)11-13/h4-6,11-12H,3,7-10,16H2,1-2H3,(H,17,18). The molecule has 1 aromatic rings. The number of benzene rings is 1. The van der Waals surface area contributed by atoms with Crippen molar-refractivity contribution in [3.05, 3.63) is 29.8 Å². The van der Waals surface area contributed by atoms with E-state index in [0.717, 1.165) is 35.6 Å². The van der Waals surface area contributed by atoms with Gasteiger partial charge in [-0.2, -0.15) is 11.8 Å². The van der Waals surface area contributed by atoms with Gasteiger partial charge < -0.3 is 11.1 Å². The number of carbonyl (C=O) groups excluding carboxylic acids is 1. The van der Waals surface area contributed by atoms with E-state index in [1.807, 2.05) is 36.0 Å². The quantitative estimate of drug-likeness (QED) is 0.569. The van der Waals surface area contributed by atoms with E-state index in [1.165, 1.54) is 0 Å². The van der Waals surface area contributed by atoms with E-state index < -0.39 is 0 Å². The number of amides is 1. The lowest BCUT2D eigenvalue weighted by Gasteiger charge is -2.13. The van der Waals surface area contributed by atoms with Crippen molar-refractivity contribution >= 4 is 23.4 Å². The van der Waals surface area contributed by atoms with Crippen LogP contribution < -0.4 is 11.1 Å². The molecule has 1 unspecified atom stereocenters. The SMILES string of the molecule is CCSCCC(C)NC(=O)CCc1cccc(N)c1. The van der Waals surface area contributed by atoms with Crippen LogP contribution in [-0.4, -0.2) is 23.5 Å². The minimum Gasteiger partial charge on any atom is -0.399 e. The van der Waals surface area contributed by atoms with Crippen molar-refractivity contribution in [2.75, 3.05) is 17.2 Å². The highest BCUT2D eigenvalue weighted by Crippen LogP contribution is 2.09. The topological polar surface area (TPSA) is 55.1 Å². The van der Waals surface area contributed by atoms with Crippen LogP contribution in [-0.2, 0) is 11.2 Å². The van der Waals surface area contributed by atoms with E-state index >= 15 is 0 Å². The van der Waals surface area contributed by atoms with E-state index in [2.05, 4.69) is 19.2 Å². The van der Waals surface area contributed by atoms with Crippen LogP contribution in [0.15, 0.2) is 24.3 Å². The summed E-state index contributed by atoms with van der Waals surface area (Å²) >= 11 is 1.91. The first kappa shape index (κ1) is 15.9. The number of hydrogen-bond acceptors (Lipinski definition) is 3. The van der Waals surface area contributed by atoms with Crippen LogP contribution in [0.5, 0.6) is 0 Å². The Morgan fingerprint density at radius 2 is 2.26 bits per heavy atom. The summed E-state index contributed by atoms with van der Waals surface area (Å²) in [7, 11) is 0. The molecule has 0 aliphatic carbocycles. The highest BCUT2D eigenvalue weighted by molar-refractivity contribution is 7.99. The highest BCUT2D eigenvalue weighted by atomic mass is 32.2. The highest BCUT2D eigenvalue weighted by Gasteiger charge is 2.07. The predicted molar refractivity (Wildman–Crippen MR) is 84.4 cm³/mol. The molecule has 0 spiro atoms. The first-order valence-electron chi connectivity index (χ1n) is 6.83. The second-order valence-electron chi connectivity index (χ2n) is 4.70. The molecule has 0 aromatic heterocycles. The average molecular weight is 280 g/mol. The van der Waals surface area contributed by atoms with Crippen LogP contribution in [0.1, 0.15) is 32.3 Å². The summed E-state index contributed by atoms with van der Waals surface area (Å²) in [4.78, 5) is 11.8. The number of hydrogen-bond donors (Lipinski definition) is 2. The Hall–Kier alpha value is -1.16. The third-order valence-electron chi connectivity index (χ3n) is 2.90. The zero-order valence-electron chi connectivity index (χ0n) is 11.8. The second-order valence-corrected chi connectivity index (χ2v) is 6.09. The van der Waals surface area contributed by atoms with Gasteiger partial charge in [0.15, 0.2) is 0 Å². The third-order valence-corrected chi connectivity index (χ3v) is 3.83. The van der Waals surface area contributed by atoms with Crippen molar-refractivity contribution in [3.63, 3.8) is 0 Å². The normalized spacial score (nSPS) is 12.1. The molecule has 3 nitrogen and oxygen atoms in total. The van der Waals surface area contributed by atoms with Crippen LogP contribution in [0, 0.1) is 0 Å². The minimum atomic E-state index is 0.122. The molecule has 3 N–H and O–H groups in total. The molecular formula is C15H24N2OS. The van der Waals surface area contributed by atoms with Gasteiger partial charge in [0.1, 0.15) is 0 Å². The van der Waals surface area contributed by atoms with Crippen molar-refractivity contribution in [3.8, 4) is 0 Å². The Morgan fingerprint density at radius 1 is 1.47 bits per heavy atom. The van der Waals surface area contributed by atoms with E-state index in [4.69, 9.17) is 5.73 Å². The number of nitrogen functional groups attached to an aromatic ring is 1. The minimum absolute atomic E-state index is 0.122. The number of anilines is 1. The van der Waals surface area contributed by atoms with Crippen LogP contribution in [0.2, 0.25) is 0 Å². The molecule has 1 rings (SSSR count).